The molecule has 2 heterocycles. The maximum atomic E-state index is 12.0. The molecule has 2 rings (SSSR count). The summed E-state index contributed by atoms with van der Waals surface area (Å²) >= 11 is 1.44. The average molecular weight is 295 g/mol. The van der Waals surface area contributed by atoms with Gasteiger partial charge in [0.2, 0.25) is 0 Å². The monoisotopic (exact) mass is 295 g/mol. The van der Waals surface area contributed by atoms with Crippen LogP contribution in [0.2, 0.25) is 0 Å². The first-order valence-electron chi connectivity index (χ1n) is 6.54. The Labute approximate surface area is 120 Å². The highest BCUT2D eigenvalue weighted by molar-refractivity contribution is 7.18. The number of aromatic nitrogens is 1. The van der Waals surface area contributed by atoms with Gasteiger partial charge in [-0.3, -0.25) is 0 Å². The fraction of sp³-hybridized carbons (Fsp3) is 0.500. The molecule has 0 atom stereocenters. The van der Waals surface area contributed by atoms with Crippen LogP contribution in [-0.2, 0) is 11.2 Å². The first-order valence-corrected chi connectivity index (χ1v) is 7.35. The minimum absolute atomic E-state index is 0.213. The van der Waals surface area contributed by atoms with Gasteiger partial charge in [-0.2, -0.15) is 4.98 Å². The van der Waals surface area contributed by atoms with Gasteiger partial charge in [0.05, 0.1) is 6.61 Å². The molecule has 5 nitrogen and oxygen atoms in total. The second-order valence-corrected chi connectivity index (χ2v) is 6.04. The number of fused-ring (bicyclic) bond motifs is 1. The van der Waals surface area contributed by atoms with Gasteiger partial charge < -0.3 is 9.15 Å². The van der Waals surface area contributed by atoms with Gasteiger partial charge >= 0.3 is 17.5 Å². The molecule has 0 fully saturated rings. The van der Waals surface area contributed by atoms with Gasteiger partial charge in [0.1, 0.15) is 10.2 Å². The van der Waals surface area contributed by atoms with E-state index < -0.39 is 11.6 Å². The molecule has 2 aromatic rings. The number of aryl methyl sites for hydroxylation is 1. The third kappa shape index (κ3) is 2.75. The number of rotatable bonds is 4. The molecular weight excluding hydrogens is 278 g/mol. The normalized spacial score (nSPS) is 11.2. The molecular formula is C14H17NO4S. The van der Waals surface area contributed by atoms with Crippen LogP contribution in [0.5, 0.6) is 0 Å². The van der Waals surface area contributed by atoms with E-state index in [4.69, 9.17) is 9.15 Å². The number of hydrogen-bond acceptors (Lipinski definition) is 6. The number of carbonyl (C=O) groups excluding carboxylic acids is 1. The Morgan fingerprint density at radius 1 is 1.45 bits per heavy atom. The van der Waals surface area contributed by atoms with Crippen LogP contribution in [0.15, 0.2) is 9.21 Å². The molecule has 108 valence electrons. The molecule has 2 aromatic heterocycles. The van der Waals surface area contributed by atoms with E-state index in [9.17, 15) is 9.59 Å². The van der Waals surface area contributed by atoms with Crippen molar-refractivity contribution in [3.8, 4) is 0 Å². The molecule has 0 amide bonds. The van der Waals surface area contributed by atoms with Crippen molar-refractivity contribution in [3.63, 3.8) is 0 Å². The fourth-order valence-corrected chi connectivity index (χ4v) is 3.34. The number of esters is 1. The smallest absolute Gasteiger partial charge is 0.394 e. The van der Waals surface area contributed by atoms with Crippen LogP contribution in [-0.4, -0.2) is 17.6 Å². The second kappa shape index (κ2) is 5.75. The number of ether oxygens (including phenoxy) is 1. The Kier molecular flexibility index (Phi) is 4.23. The van der Waals surface area contributed by atoms with Crippen molar-refractivity contribution in [1.82, 2.24) is 4.98 Å². The summed E-state index contributed by atoms with van der Waals surface area (Å²) in [6, 6.07) is 0. The third-order valence-corrected chi connectivity index (χ3v) is 4.08. The summed E-state index contributed by atoms with van der Waals surface area (Å²) in [5, 5.41) is 0.471. The van der Waals surface area contributed by atoms with E-state index in [-0.39, 0.29) is 12.5 Å². The zero-order valence-electron chi connectivity index (χ0n) is 12.0. The van der Waals surface area contributed by atoms with E-state index in [0.29, 0.717) is 16.1 Å². The Hall–Kier alpha value is -1.69. The van der Waals surface area contributed by atoms with Gasteiger partial charge in [-0.1, -0.05) is 13.8 Å². The van der Waals surface area contributed by atoms with Crippen molar-refractivity contribution >= 4 is 27.5 Å². The van der Waals surface area contributed by atoms with Crippen molar-refractivity contribution in [2.75, 3.05) is 6.61 Å². The molecule has 0 radical (unpaired) electrons. The molecule has 20 heavy (non-hydrogen) atoms. The van der Waals surface area contributed by atoms with Crippen LogP contribution >= 0.6 is 11.3 Å². The van der Waals surface area contributed by atoms with Crippen LogP contribution in [0.1, 0.15) is 41.9 Å². The van der Waals surface area contributed by atoms with Gasteiger partial charge in [0.15, 0.2) is 0 Å². The first-order chi connectivity index (χ1) is 9.43. The average Bonchev–Trinajstić information content (AvgIpc) is 2.66. The number of carbonyl (C=O) groups is 1. The lowest BCUT2D eigenvalue weighted by molar-refractivity contribution is 0.0474. The highest BCUT2D eigenvalue weighted by atomic mass is 32.1. The quantitative estimate of drug-likeness (QED) is 0.811. The van der Waals surface area contributed by atoms with Crippen LogP contribution in [0.3, 0.4) is 0 Å². The molecule has 0 unspecified atom stereocenters. The molecule has 0 aliphatic heterocycles. The Morgan fingerprint density at radius 2 is 2.15 bits per heavy atom. The SMILES string of the molecule is CCOC(=O)c1nc2sc(CC(C)C)c(C)c2c(=O)o1. The van der Waals surface area contributed by atoms with Crippen molar-refractivity contribution in [2.24, 2.45) is 5.92 Å². The van der Waals surface area contributed by atoms with E-state index in [1.54, 1.807) is 6.92 Å². The maximum Gasteiger partial charge on any atom is 0.394 e. The van der Waals surface area contributed by atoms with Crippen LogP contribution < -0.4 is 5.63 Å². The summed E-state index contributed by atoms with van der Waals surface area (Å²) in [5.74, 6) is -0.497. The molecule has 0 saturated heterocycles. The highest BCUT2D eigenvalue weighted by Gasteiger charge is 2.20. The zero-order chi connectivity index (χ0) is 14.9. The van der Waals surface area contributed by atoms with Crippen LogP contribution in [0.4, 0.5) is 0 Å². The summed E-state index contributed by atoms with van der Waals surface area (Å²) in [7, 11) is 0. The second-order valence-electron chi connectivity index (χ2n) is 4.96. The minimum Gasteiger partial charge on any atom is -0.459 e. The van der Waals surface area contributed by atoms with Crippen molar-refractivity contribution in [2.45, 2.75) is 34.1 Å². The molecule has 0 bridgehead atoms. The minimum atomic E-state index is -0.706. The van der Waals surface area contributed by atoms with Gasteiger partial charge in [0.25, 0.3) is 0 Å². The molecule has 0 N–H and O–H groups in total. The summed E-state index contributed by atoms with van der Waals surface area (Å²) in [6.07, 6.45) is 0.876. The predicted molar refractivity (Wildman–Crippen MR) is 77.4 cm³/mol. The Balaban J connectivity index is 2.55. The van der Waals surface area contributed by atoms with Crippen LogP contribution in [0.25, 0.3) is 10.2 Å². The summed E-state index contributed by atoms with van der Waals surface area (Å²) < 4.78 is 9.77. The number of hydrogen-bond donors (Lipinski definition) is 0. The topological polar surface area (TPSA) is 69.4 Å². The number of nitrogens with zero attached hydrogens (tertiary/aromatic N) is 1. The molecule has 0 spiro atoms. The lowest BCUT2D eigenvalue weighted by Crippen LogP contribution is -2.12. The van der Waals surface area contributed by atoms with Crippen molar-refractivity contribution in [3.05, 3.63) is 26.8 Å². The van der Waals surface area contributed by atoms with E-state index in [2.05, 4.69) is 18.8 Å². The van der Waals surface area contributed by atoms with E-state index in [0.717, 1.165) is 16.9 Å². The first kappa shape index (κ1) is 14.7. The Morgan fingerprint density at radius 3 is 2.75 bits per heavy atom. The van der Waals surface area contributed by atoms with Gasteiger partial charge in [-0.05, 0) is 31.7 Å². The zero-order valence-corrected chi connectivity index (χ0v) is 12.8. The number of thiophene rings is 1. The Bertz CT molecular complexity index is 699. The van der Waals surface area contributed by atoms with Gasteiger partial charge in [-0.25, -0.2) is 9.59 Å². The lowest BCUT2D eigenvalue weighted by Gasteiger charge is -2.01. The molecule has 0 aliphatic carbocycles. The molecule has 6 heteroatoms. The summed E-state index contributed by atoms with van der Waals surface area (Å²) in [4.78, 5) is 29.4. The molecule has 0 saturated carbocycles. The predicted octanol–water partition coefficient (Wildman–Crippen LogP) is 2.93. The van der Waals surface area contributed by atoms with Crippen molar-refractivity contribution in [1.29, 1.82) is 0 Å². The maximum absolute atomic E-state index is 12.0. The molecule has 0 aromatic carbocycles. The third-order valence-electron chi connectivity index (χ3n) is 2.87. The van der Waals surface area contributed by atoms with Gasteiger partial charge in [0, 0.05) is 4.88 Å². The van der Waals surface area contributed by atoms with E-state index in [1.807, 2.05) is 6.92 Å². The van der Waals surface area contributed by atoms with Crippen LogP contribution in [0, 0.1) is 12.8 Å². The highest BCUT2D eigenvalue weighted by Crippen LogP contribution is 2.29. The largest absolute Gasteiger partial charge is 0.459 e. The summed E-state index contributed by atoms with van der Waals surface area (Å²) in [5.41, 5.74) is 0.372. The van der Waals surface area contributed by atoms with Crippen molar-refractivity contribution < 1.29 is 13.9 Å². The standard InChI is InChI=1S/C14H17NO4S/c1-5-18-14(17)11-15-12-10(13(16)19-11)8(4)9(20-12)6-7(2)3/h7H,5-6H2,1-4H3. The molecule has 0 aliphatic rings. The van der Waals surface area contributed by atoms with Gasteiger partial charge in [-0.15, -0.1) is 11.3 Å². The fourth-order valence-electron chi connectivity index (χ4n) is 1.96. The summed E-state index contributed by atoms with van der Waals surface area (Å²) in [6.45, 7) is 8.02. The van der Waals surface area contributed by atoms with E-state index >= 15 is 0 Å². The van der Waals surface area contributed by atoms with E-state index in [1.165, 1.54) is 11.3 Å². The lowest BCUT2D eigenvalue weighted by atomic mass is 10.1.